The van der Waals surface area contributed by atoms with Crippen LogP contribution in [-0.2, 0) is 14.8 Å². The van der Waals surface area contributed by atoms with Crippen molar-refractivity contribution >= 4 is 21.7 Å². The van der Waals surface area contributed by atoms with E-state index in [1.54, 1.807) is 22.5 Å². The second-order valence-corrected chi connectivity index (χ2v) is 12.0. The lowest BCUT2D eigenvalue weighted by Gasteiger charge is -2.36. The van der Waals surface area contributed by atoms with Gasteiger partial charge in [0.2, 0.25) is 10.0 Å². The number of alkyl halides is 3. The molecule has 2 N–H and O–H groups in total. The molecule has 0 aromatic heterocycles. The number of anilines is 1. The number of hydrogen-bond acceptors (Lipinski definition) is 7. The minimum atomic E-state index is -5.08. The first-order chi connectivity index (χ1) is 18.8. The zero-order chi connectivity index (χ0) is 29.5. The van der Waals surface area contributed by atoms with Crippen molar-refractivity contribution in [1.82, 2.24) is 9.21 Å². The van der Waals surface area contributed by atoms with E-state index in [2.05, 4.69) is 11.4 Å². The Labute approximate surface area is 232 Å². The van der Waals surface area contributed by atoms with Crippen LogP contribution in [0.25, 0.3) is 0 Å². The summed E-state index contributed by atoms with van der Waals surface area (Å²) in [4.78, 5) is 11.2. The zero-order valence-electron chi connectivity index (χ0n) is 22.3. The lowest BCUT2D eigenvalue weighted by molar-refractivity contribution is -0.192. The standard InChI is InChI=1S/C25H32N4O3S.C2HF3O2/c1-28(2)17-22-7-6-12-29(22)33(30,31)24-11-10-20(16-26)25(15-24)27-21-13-19(14-21)18-32-23-8-4-3-5-9-23;3-2(4,5)1(6)7/h3-5,8-11,15,19,21-22,27H,6-7,12-14,17-18H2,1-2H3;(H,6,7)/t19?,21?,22-;/m1./s1. The average molecular weight is 583 g/mol. The van der Waals surface area contributed by atoms with Crippen LogP contribution in [0.1, 0.15) is 31.2 Å². The van der Waals surface area contributed by atoms with Crippen molar-refractivity contribution in [2.75, 3.05) is 39.1 Å². The maximum absolute atomic E-state index is 13.4. The molecule has 0 spiro atoms. The van der Waals surface area contributed by atoms with Gasteiger partial charge in [-0.05, 0) is 76.0 Å². The van der Waals surface area contributed by atoms with Gasteiger partial charge in [0.05, 0.1) is 22.8 Å². The number of halogens is 3. The van der Waals surface area contributed by atoms with E-state index in [9.17, 15) is 26.9 Å². The number of nitriles is 1. The first kappa shape index (κ1) is 31.2. The van der Waals surface area contributed by atoms with Gasteiger partial charge in [0, 0.05) is 25.2 Å². The Morgan fingerprint density at radius 1 is 1.20 bits per heavy atom. The van der Waals surface area contributed by atoms with Crippen LogP contribution in [0, 0.1) is 17.2 Å². The number of ether oxygens (including phenoxy) is 1. The largest absolute Gasteiger partial charge is 0.493 e. The average Bonchev–Trinajstić information content (AvgIpc) is 3.34. The SMILES string of the molecule is CN(C)C[C@H]1CCCN1S(=O)(=O)c1ccc(C#N)c(NC2CC(COc3ccccc3)C2)c1.O=C(O)C(F)(F)F. The zero-order valence-corrected chi connectivity index (χ0v) is 23.1. The van der Waals surface area contributed by atoms with Crippen molar-refractivity contribution in [3.8, 4) is 11.8 Å². The lowest BCUT2D eigenvalue weighted by atomic mass is 9.80. The van der Waals surface area contributed by atoms with Crippen molar-refractivity contribution in [3.63, 3.8) is 0 Å². The van der Waals surface area contributed by atoms with Gasteiger partial charge in [0.25, 0.3) is 0 Å². The molecule has 2 aromatic carbocycles. The van der Waals surface area contributed by atoms with Gasteiger partial charge in [-0.1, -0.05) is 18.2 Å². The molecule has 0 radical (unpaired) electrons. The van der Waals surface area contributed by atoms with Gasteiger partial charge in [-0.2, -0.15) is 22.7 Å². The molecule has 2 fully saturated rings. The summed E-state index contributed by atoms with van der Waals surface area (Å²) in [5, 5.41) is 20.1. The van der Waals surface area contributed by atoms with Gasteiger partial charge < -0.3 is 20.1 Å². The third-order valence-corrected chi connectivity index (χ3v) is 8.63. The van der Waals surface area contributed by atoms with Gasteiger partial charge in [-0.15, -0.1) is 0 Å². The quantitative estimate of drug-likeness (QED) is 0.452. The summed E-state index contributed by atoms with van der Waals surface area (Å²) >= 11 is 0. The molecule has 1 saturated carbocycles. The van der Waals surface area contributed by atoms with Crippen LogP contribution in [0.4, 0.5) is 18.9 Å². The Hall–Kier alpha value is -3.34. The first-order valence-electron chi connectivity index (χ1n) is 12.8. The summed E-state index contributed by atoms with van der Waals surface area (Å²) in [6.07, 6.45) is -1.50. The Morgan fingerprint density at radius 2 is 1.85 bits per heavy atom. The highest BCUT2D eigenvalue weighted by Gasteiger charge is 2.38. The number of rotatable bonds is 9. The molecule has 0 bridgehead atoms. The molecular weight excluding hydrogens is 549 g/mol. The number of sulfonamides is 1. The molecule has 218 valence electrons. The molecule has 1 heterocycles. The number of nitrogens with one attached hydrogen (secondary N) is 1. The number of hydrogen-bond donors (Lipinski definition) is 2. The fourth-order valence-electron chi connectivity index (χ4n) is 4.71. The summed E-state index contributed by atoms with van der Waals surface area (Å²) in [5.41, 5.74) is 1.05. The minimum absolute atomic E-state index is 0.0194. The summed E-state index contributed by atoms with van der Waals surface area (Å²) < 4.78 is 66.0. The number of para-hydroxylation sites is 1. The molecule has 13 heteroatoms. The normalized spacial score (nSPS) is 21.1. The van der Waals surface area contributed by atoms with Crippen LogP contribution >= 0.6 is 0 Å². The molecule has 2 aliphatic rings. The molecular formula is C27H33F3N4O5S. The van der Waals surface area contributed by atoms with Crippen LogP contribution in [-0.4, -0.2) is 80.8 Å². The topological polar surface area (TPSA) is 123 Å². The molecule has 1 aliphatic carbocycles. The summed E-state index contributed by atoms with van der Waals surface area (Å²) in [6, 6.07) is 16.9. The van der Waals surface area contributed by atoms with E-state index in [-0.39, 0.29) is 17.0 Å². The number of likely N-dealkylation sites (N-methyl/N-ethyl adjacent to an activating group) is 1. The first-order valence-corrected chi connectivity index (χ1v) is 14.2. The molecule has 1 saturated heterocycles. The highest BCUT2D eigenvalue weighted by atomic mass is 32.2. The molecule has 9 nitrogen and oxygen atoms in total. The minimum Gasteiger partial charge on any atom is -0.493 e. The summed E-state index contributed by atoms with van der Waals surface area (Å²) in [6.45, 7) is 1.90. The number of carbonyl (C=O) groups is 1. The highest BCUT2D eigenvalue weighted by Crippen LogP contribution is 2.34. The Kier molecular flexibility index (Phi) is 10.4. The highest BCUT2D eigenvalue weighted by molar-refractivity contribution is 7.89. The molecule has 1 atom stereocenters. The van der Waals surface area contributed by atoms with Gasteiger partial charge in [0.15, 0.2) is 0 Å². The van der Waals surface area contributed by atoms with E-state index in [4.69, 9.17) is 14.6 Å². The fourth-order valence-corrected chi connectivity index (χ4v) is 6.42. The molecule has 2 aromatic rings. The van der Waals surface area contributed by atoms with Crippen molar-refractivity contribution in [2.45, 2.75) is 48.8 Å². The van der Waals surface area contributed by atoms with Crippen LogP contribution in [0.15, 0.2) is 53.4 Å². The Bertz CT molecular complexity index is 1290. The smallest absolute Gasteiger partial charge is 0.490 e. The van der Waals surface area contributed by atoms with E-state index >= 15 is 0 Å². The molecule has 1 aliphatic heterocycles. The number of nitrogens with zero attached hydrogens (tertiary/aromatic N) is 3. The van der Waals surface area contributed by atoms with Gasteiger partial charge >= 0.3 is 12.1 Å². The summed E-state index contributed by atoms with van der Waals surface area (Å²) in [7, 11) is 0.306. The third kappa shape index (κ3) is 8.33. The second kappa shape index (κ2) is 13.3. The number of aliphatic carboxylic acids is 1. The van der Waals surface area contributed by atoms with Crippen LogP contribution in [0.5, 0.6) is 5.75 Å². The Balaban J connectivity index is 0.000000559. The van der Waals surface area contributed by atoms with Crippen LogP contribution in [0.2, 0.25) is 0 Å². The summed E-state index contributed by atoms with van der Waals surface area (Å²) in [5.74, 6) is -1.45. The number of benzene rings is 2. The molecule has 40 heavy (non-hydrogen) atoms. The van der Waals surface area contributed by atoms with E-state index in [0.29, 0.717) is 36.9 Å². The van der Waals surface area contributed by atoms with Crippen molar-refractivity contribution in [3.05, 3.63) is 54.1 Å². The van der Waals surface area contributed by atoms with Crippen LogP contribution in [0.3, 0.4) is 0 Å². The maximum atomic E-state index is 13.4. The van der Waals surface area contributed by atoms with Gasteiger partial charge in [0.1, 0.15) is 11.8 Å². The van der Waals surface area contributed by atoms with E-state index in [1.165, 1.54) is 0 Å². The van der Waals surface area contributed by atoms with Crippen molar-refractivity contribution < 1.29 is 36.2 Å². The van der Waals surface area contributed by atoms with E-state index < -0.39 is 22.2 Å². The van der Waals surface area contributed by atoms with Crippen molar-refractivity contribution in [1.29, 1.82) is 5.26 Å². The predicted octanol–water partition coefficient (Wildman–Crippen LogP) is 4.18. The monoisotopic (exact) mass is 582 g/mol. The Morgan fingerprint density at radius 3 is 2.42 bits per heavy atom. The fraction of sp³-hybridized carbons (Fsp3) is 0.481. The number of carboxylic acids is 1. The second-order valence-electron chi connectivity index (χ2n) is 10.1. The third-order valence-electron chi connectivity index (χ3n) is 6.68. The van der Waals surface area contributed by atoms with E-state index in [0.717, 1.165) is 31.4 Å². The number of carboxylic acid groups (broad SMARTS) is 1. The van der Waals surface area contributed by atoms with Gasteiger partial charge in [-0.3, -0.25) is 0 Å². The van der Waals surface area contributed by atoms with E-state index in [1.807, 2.05) is 49.3 Å². The van der Waals surface area contributed by atoms with Gasteiger partial charge in [-0.25, -0.2) is 13.2 Å². The molecule has 0 unspecified atom stereocenters. The van der Waals surface area contributed by atoms with Crippen LogP contribution < -0.4 is 10.1 Å². The maximum Gasteiger partial charge on any atom is 0.490 e. The lowest BCUT2D eigenvalue weighted by Crippen LogP contribution is -2.41. The predicted molar refractivity (Wildman–Crippen MR) is 142 cm³/mol. The van der Waals surface area contributed by atoms with Crippen molar-refractivity contribution in [2.24, 2.45) is 5.92 Å². The molecule has 4 rings (SSSR count). The molecule has 0 amide bonds.